The van der Waals surface area contributed by atoms with Crippen molar-refractivity contribution in [3.8, 4) is 17.2 Å². The van der Waals surface area contributed by atoms with Gasteiger partial charge < -0.3 is 14.2 Å². The molecule has 0 atom stereocenters. The van der Waals surface area contributed by atoms with Crippen molar-refractivity contribution < 1.29 is 19.0 Å². The third kappa shape index (κ3) is 5.27. The molecule has 0 aliphatic heterocycles. The molecular weight excluding hydrogens is 406 g/mol. The Morgan fingerprint density at radius 1 is 1.23 bits per heavy atom. The maximum atomic E-state index is 12.1. The second kappa shape index (κ2) is 10.3. The van der Waals surface area contributed by atoms with Crippen LogP contribution in [0.2, 0.25) is 5.02 Å². The van der Waals surface area contributed by atoms with Crippen LogP contribution in [-0.2, 0) is 4.79 Å². The van der Waals surface area contributed by atoms with Crippen LogP contribution in [0.5, 0.6) is 17.2 Å². The molecule has 0 unspecified atom stereocenters. The standard InChI is InChI=1S/C22H20ClN3O4/c1-3-10-29-22-17(23)11-15(12-19(22)28-2)13-25-26-20(27)14-30-18-8-4-6-16-7-5-9-24-21(16)18/h3-9,11-13H,1,10,14H2,2H3,(H,26,27). The molecule has 154 valence electrons. The van der Waals surface area contributed by atoms with Gasteiger partial charge in [0.2, 0.25) is 0 Å². The molecule has 0 saturated heterocycles. The molecule has 0 fully saturated rings. The second-order valence-electron chi connectivity index (χ2n) is 6.05. The summed E-state index contributed by atoms with van der Waals surface area (Å²) in [5.74, 6) is 0.975. The number of nitrogens with zero attached hydrogens (tertiary/aromatic N) is 2. The number of hydrogen-bond acceptors (Lipinski definition) is 6. The van der Waals surface area contributed by atoms with Gasteiger partial charge >= 0.3 is 0 Å². The minimum Gasteiger partial charge on any atom is -0.493 e. The molecule has 0 aliphatic rings. The molecule has 3 aromatic rings. The smallest absolute Gasteiger partial charge is 0.277 e. The number of halogens is 1. The predicted octanol–water partition coefficient (Wildman–Crippen LogP) is 3.99. The normalized spacial score (nSPS) is 10.7. The van der Waals surface area contributed by atoms with Gasteiger partial charge in [0.25, 0.3) is 5.91 Å². The topological polar surface area (TPSA) is 82.0 Å². The number of carbonyl (C=O) groups is 1. The Hall–Kier alpha value is -3.58. The summed E-state index contributed by atoms with van der Waals surface area (Å²) in [5.41, 5.74) is 3.73. The van der Waals surface area contributed by atoms with Crippen LogP contribution in [-0.4, -0.2) is 37.4 Å². The van der Waals surface area contributed by atoms with E-state index in [0.29, 0.717) is 40.0 Å². The van der Waals surface area contributed by atoms with E-state index in [0.717, 1.165) is 5.39 Å². The first kappa shape index (κ1) is 21.1. The van der Waals surface area contributed by atoms with Crippen LogP contribution in [0.15, 0.2) is 66.4 Å². The summed E-state index contributed by atoms with van der Waals surface area (Å²) in [6.45, 7) is 3.70. The number of aromatic nitrogens is 1. The van der Waals surface area contributed by atoms with Gasteiger partial charge in [0.05, 0.1) is 18.3 Å². The van der Waals surface area contributed by atoms with Gasteiger partial charge in [-0.15, -0.1) is 0 Å². The molecule has 1 amide bonds. The lowest BCUT2D eigenvalue weighted by Gasteiger charge is -2.12. The number of carbonyl (C=O) groups excluding carboxylic acids is 1. The number of hydrazone groups is 1. The molecule has 7 nitrogen and oxygen atoms in total. The fourth-order valence-corrected chi connectivity index (χ4v) is 2.92. The average molecular weight is 426 g/mol. The Labute approximate surface area is 178 Å². The van der Waals surface area contributed by atoms with Crippen molar-refractivity contribution in [2.75, 3.05) is 20.3 Å². The number of benzene rings is 2. The summed E-state index contributed by atoms with van der Waals surface area (Å²) in [7, 11) is 1.51. The molecule has 2 aromatic carbocycles. The van der Waals surface area contributed by atoms with Crippen molar-refractivity contribution in [3.63, 3.8) is 0 Å². The number of hydrogen-bond donors (Lipinski definition) is 1. The van der Waals surface area contributed by atoms with Gasteiger partial charge in [-0.05, 0) is 29.8 Å². The molecule has 0 radical (unpaired) electrons. The van der Waals surface area contributed by atoms with Gasteiger partial charge in [0.15, 0.2) is 18.1 Å². The summed E-state index contributed by atoms with van der Waals surface area (Å²) < 4.78 is 16.4. The third-order valence-electron chi connectivity index (χ3n) is 3.95. The van der Waals surface area contributed by atoms with Crippen molar-refractivity contribution >= 4 is 34.6 Å². The largest absolute Gasteiger partial charge is 0.493 e. The summed E-state index contributed by atoms with van der Waals surface area (Å²) in [4.78, 5) is 16.3. The summed E-state index contributed by atoms with van der Waals surface area (Å²) >= 11 is 6.24. The number of para-hydroxylation sites is 1. The predicted molar refractivity (Wildman–Crippen MR) is 117 cm³/mol. The molecule has 0 aliphatic carbocycles. The maximum Gasteiger partial charge on any atom is 0.277 e. The number of fused-ring (bicyclic) bond motifs is 1. The van der Waals surface area contributed by atoms with Gasteiger partial charge in [0.1, 0.15) is 17.9 Å². The van der Waals surface area contributed by atoms with Crippen LogP contribution in [0.3, 0.4) is 0 Å². The third-order valence-corrected chi connectivity index (χ3v) is 4.24. The van der Waals surface area contributed by atoms with E-state index in [4.69, 9.17) is 25.8 Å². The van der Waals surface area contributed by atoms with E-state index in [1.165, 1.54) is 13.3 Å². The Kier molecular flexibility index (Phi) is 7.24. The van der Waals surface area contributed by atoms with Gasteiger partial charge in [-0.3, -0.25) is 9.78 Å². The van der Waals surface area contributed by atoms with Gasteiger partial charge in [-0.1, -0.05) is 42.5 Å². The van der Waals surface area contributed by atoms with E-state index in [9.17, 15) is 4.79 Å². The first-order chi connectivity index (χ1) is 14.6. The molecule has 1 heterocycles. The Bertz CT molecular complexity index is 1080. The molecule has 0 saturated carbocycles. The molecule has 0 bridgehead atoms. The zero-order chi connectivity index (χ0) is 21.3. The van der Waals surface area contributed by atoms with Crippen LogP contribution < -0.4 is 19.6 Å². The molecular formula is C22H20ClN3O4. The number of pyridine rings is 1. The lowest BCUT2D eigenvalue weighted by atomic mass is 10.2. The number of rotatable bonds is 9. The summed E-state index contributed by atoms with van der Waals surface area (Å²) in [6, 6.07) is 12.6. The Morgan fingerprint density at radius 2 is 2.07 bits per heavy atom. The van der Waals surface area contributed by atoms with Crippen molar-refractivity contribution in [1.82, 2.24) is 10.4 Å². The Morgan fingerprint density at radius 3 is 2.87 bits per heavy atom. The van der Waals surface area contributed by atoms with Crippen LogP contribution in [0, 0.1) is 0 Å². The highest BCUT2D eigenvalue weighted by molar-refractivity contribution is 6.32. The first-order valence-corrected chi connectivity index (χ1v) is 9.40. The zero-order valence-corrected chi connectivity index (χ0v) is 17.1. The van der Waals surface area contributed by atoms with Gasteiger partial charge in [-0.25, -0.2) is 5.43 Å². The van der Waals surface area contributed by atoms with E-state index < -0.39 is 5.91 Å². The van der Waals surface area contributed by atoms with E-state index in [1.54, 1.807) is 30.5 Å². The van der Waals surface area contributed by atoms with Crippen molar-refractivity contribution in [1.29, 1.82) is 0 Å². The number of nitrogens with one attached hydrogen (secondary N) is 1. The van der Waals surface area contributed by atoms with Crippen molar-refractivity contribution in [2.45, 2.75) is 0 Å². The molecule has 1 N–H and O–H groups in total. The number of ether oxygens (including phenoxy) is 3. The van der Waals surface area contributed by atoms with Crippen LogP contribution >= 0.6 is 11.6 Å². The highest BCUT2D eigenvalue weighted by Gasteiger charge is 2.11. The Balaban J connectivity index is 1.60. The van der Waals surface area contributed by atoms with E-state index in [1.807, 2.05) is 24.3 Å². The number of methoxy groups -OCH3 is 1. The number of amides is 1. The minimum absolute atomic E-state index is 0.203. The van der Waals surface area contributed by atoms with Crippen molar-refractivity contribution in [3.05, 3.63) is 71.9 Å². The second-order valence-corrected chi connectivity index (χ2v) is 6.45. The fraction of sp³-hybridized carbons (Fsp3) is 0.136. The minimum atomic E-state index is -0.414. The molecule has 1 aromatic heterocycles. The quantitative estimate of drug-likeness (QED) is 0.318. The molecule has 30 heavy (non-hydrogen) atoms. The van der Waals surface area contributed by atoms with Crippen LogP contribution in [0.25, 0.3) is 10.9 Å². The van der Waals surface area contributed by atoms with E-state index in [-0.39, 0.29) is 6.61 Å². The maximum absolute atomic E-state index is 12.1. The van der Waals surface area contributed by atoms with E-state index in [2.05, 4.69) is 22.1 Å². The summed E-state index contributed by atoms with van der Waals surface area (Å²) in [6.07, 6.45) is 4.73. The monoisotopic (exact) mass is 425 g/mol. The molecule has 8 heteroatoms. The van der Waals surface area contributed by atoms with Crippen LogP contribution in [0.4, 0.5) is 0 Å². The summed E-state index contributed by atoms with van der Waals surface area (Å²) in [5, 5.41) is 5.22. The molecule has 0 spiro atoms. The average Bonchev–Trinajstić information content (AvgIpc) is 2.76. The van der Waals surface area contributed by atoms with Gasteiger partial charge in [-0.2, -0.15) is 5.10 Å². The van der Waals surface area contributed by atoms with E-state index >= 15 is 0 Å². The highest BCUT2D eigenvalue weighted by Crippen LogP contribution is 2.36. The lowest BCUT2D eigenvalue weighted by Crippen LogP contribution is -2.24. The first-order valence-electron chi connectivity index (χ1n) is 9.02. The fourth-order valence-electron chi connectivity index (χ4n) is 2.64. The van der Waals surface area contributed by atoms with Crippen molar-refractivity contribution in [2.24, 2.45) is 5.10 Å². The SMILES string of the molecule is C=CCOc1c(Cl)cc(C=NNC(=O)COc2cccc3cccnc23)cc1OC. The van der Waals surface area contributed by atoms with Crippen LogP contribution in [0.1, 0.15) is 5.56 Å². The van der Waals surface area contributed by atoms with Gasteiger partial charge in [0, 0.05) is 11.6 Å². The lowest BCUT2D eigenvalue weighted by molar-refractivity contribution is -0.123. The highest BCUT2D eigenvalue weighted by atomic mass is 35.5. The zero-order valence-electron chi connectivity index (χ0n) is 16.3. The molecule has 3 rings (SSSR count).